The number of rotatable bonds is 13. The van der Waals surface area contributed by atoms with Crippen LogP contribution in [0.4, 0.5) is 0 Å². The summed E-state index contributed by atoms with van der Waals surface area (Å²) in [7, 11) is 0. The molecule has 0 aliphatic rings. The van der Waals surface area contributed by atoms with Crippen molar-refractivity contribution in [1.82, 2.24) is 0 Å². The first-order valence-electron chi connectivity index (χ1n) is 7.57. The van der Waals surface area contributed by atoms with Crippen LogP contribution in [0.1, 0.15) is 77.6 Å². The zero-order valence-corrected chi connectivity index (χ0v) is 12.0. The van der Waals surface area contributed by atoms with Crippen molar-refractivity contribution in [2.75, 3.05) is 13.2 Å². The third kappa shape index (κ3) is 13.5. The maximum Gasteiger partial charge on any atom is 0.305 e. The largest absolute Gasteiger partial charge is 0.466 e. The van der Waals surface area contributed by atoms with Crippen molar-refractivity contribution in [3.05, 3.63) is 0 Å². The van der Waals surface area contributed by atoms with E-state index in [9.17, 15) is 4.79 Å². The van der Waals surface area contributed by atoms with Crippen molar-refractivity contribution in [3.8, 4) is 0 Å². The predicted molar refractivity (Wildman–Crippen MR) is 74.5 cm³/mol. The second kappa shape index (κ2) is 14.5. The second-order valence-corrected chi connectivity index (χ2v) is 4.88. The van der Waals surface area contributed by atoms with E-state index in [1.54, 1.807) is 0 Å². The molecule has 0 aliphatic carbocycles. The van der Waals surface area contributed by atoms with Gasteiger partial charge < -0.3 is 9.84 Å². The average molecular weight is 258 g/mol. The Bertz CT molecular complexity index is 163. The normalized spacial score (nSPS) is 10.6. The monoisotopic (exact) mass is 258 g/mol. The number of esters is 1. The number of hydrogen-bond donors (Lipinski definition) is 1. The van der Waals surface area contributed by atoms with Gasteiger partial charge in [0, 0.05) is 13.0 Å². The van der Waals surface area contributed by atoms with Crippen molar-refractivity contribution in [2.24, 2.45) is 0 Å². The van der Waals surface area contributed by atoms with Gasteiger partial charge in [0.15, 0.2) is 0 Å². The Balaban J connectivity index is 3.12. The fraction of sp³-hybridized carbons (Fsp3) is 0.933. The van der Waals surface area contributed by atoms with Gasteiger partial charge in [0.1, 0.15) is 0 Å². The standard InChI is InChI=1S/C15H30O3/c1-2-3-4-5-6-9-12-15(17)18-14-11-8-7-10-13-16/h16H,2-14H2,1H3. The van der Waals surface area contributed by atoms with Gasteiger partial charge in [0.2, 0.25) is 0 Å². The van der Waals surface area contributed by atoms with Crippen LogP contribution < -0.4 is 0 Å². The molecule has 0 aromatic rings. The minimum Gasteiger partial charge on any atom is -0.466 e. The van der Waals surface area contributed by atoms with Crippen LogP contribution in [0.5, 0.6) is 0 Å². The lowest BCUT2D eigenvalue weighted by molar-refractivity contribution is -0.143. The minimum atomic E-state index is -0.0485. The summed E-state index contributed by atoms with van der Waals surface area (Å²) in [6.45, 7) is 3.01. The van der Waals surface area contributed by atoms with E-state index in [1.807, 2.05) is 0 Å². The highest BCUT2D eigenvalue weighted by Crippen LogP contribution is 2.07. The van der Waals surface area contributed by atoms with Crippen LogP contribution in [-0.2, 0) is 9.53 Å². The molecule has 108 valence electrons. The van der Waals surface area contributed by atoms with Crippen LogP contribution in [0.2, 0.25) is 0 Å². The van der Waals surface area contributed by atoms with Gasteiger partial charge in [-0.3, -0.25) is 4.79 Å². The molecule has 3 heteroatoms. The number of carbonyl (C=O) groups excluding carboxylic acids is 1. The summed E-state index contributed by atoms with van der Waals surface area (Å²) in [4.78, 5) is 11.4. The molecule has 0 fully saturated rings. The highest BCUT2D eigenvalue weighted by Gasteiger charge is 2.02. The van der Waals surface area contributed by atoms with Crippen molar-refractivity contribution >= 4 is 5.97 Å². The van der Waals surface area contributed by atoms with Crippen LogP contribution in [0.3, 0.4) is 0 Å². The lowest BCUT2D eigenvalue weighted by Gasteiger charge is -2.04. The lowest BCUT2D eigenvalue weighted by Crippen LogP contribution is -2.05. The Labute approximate surface area is 112 Å². The van der Waals surface area contributed by atoms with Gasteiger partial charge in [0.25, 0.3) is 0 Å². The SMILES string of the molecule is CCCCCCCCC(=O)OCCCCCCO. The average Bonchev–Trinajstić information content (AvgIpc) is 2.38. The Morgan fingerprint density at radius 3 is 2.22 bits per heavy atom. The lowest BCUT2D eigenvalue weighted by atomic mass is 10.1. The van der Waals surface area contributed by atoms with E-state index < -0.39 is 0 Å². The van der Waals surface area contributed by atoms with E-state index in [2.05, 4.69) is 6.92 Å². The molecule has 0 radical (unpaired) electrons. The van der Waals surface area contributed by atoms with E-state index in [4.69, 9.17) is 9.84 Å². The molecule has 0 aromatic carbocycles. The quantitative estimate of drug-likeness (QED) is 0.403. The molecule has 0 aromatic heterocycles. The van der Waals surface area contributed by atoms with E-state index in [0.717, 1.165) is 38.5 Å². The van der Waals surface area contributed by atoms with Crippen LogP contribution >= 0.6 is 0 Å². The van der Waals surface area contributed by atoms with Gasteiger partial charge in [0.05, 0.1) is 6.61 Å². The summed E-state index contributed by atoms with van der Waals surface area (Å²) in [5.41, 5.74) is 0. The number of aliphatic hydroxyl groups excluding tert-OH is 1. The minimum absolute atomic E-state index is 0.0485. The second-order valence-electron chi connectivity index (χ2n) is 4.88. The fourth-order valence-electron chi connectivity index (χ4n) is 1.88. The maximum atomic E-state index is 11.4. The molecule has 3 nitrogen and oxygen atoms in total. The van der Waals surface area contributed by atoms with Crippen LogP contribution in [0.25, 0.3) is 0 Å². The molecule has 0 unspecified atom stereocenters. The van der Waals surface area contributed by atoms with Gasteiger partial charge >= 0.3 is 5.97 Å². The zero-order valence-electron chi connectivity index (χ0n) is 12.0. The first-order chi connectivity index (χ1) is 8.81. The number of aliphatic hydroxyl groups is 1. The van der Waals surface area contributed by atoms with E-state index in [0.29, 0.717) is 13.0 Å². The Morgan fingerprint density at radius 2 is 1.50 bits per heavy atom. The van der Waals surface area contributed by atoms with Crippen LogP contribution in [-0.4, -0.2) is 24.3 Å². The van der Waals surface area contributed by atoms with E-state index >= 15 is 0 Å². The van der Waals surface area contributed by atoms with Crippen molar-refractivity contribution in [3.63, 3.8) is 0 Å². The molecule has 0 aliphatic heterocycles. The summed E-state index contributed by atoms with van der Waals surface area (Å²) in [6, 6.07) is 0. The first kappa shape index (κ1) is 17.4. The maximum absolute atomic E-state index is 11.4. The van der Waals surface area contributed by atoms with Gasteiger partial charge in [-0.1, -0.05) is 45.4 Å². The molecule has 0 atom stereocenters. The molecule has 18 heavy (non-hydrogen) atoms. The summed E-state index contributed by atoms with van der Waals surface area (Å²) in [6.07, 6.45) is 11.6. The molecule has 1 N–H and O–H groups in total. The van der Waals surface area contributed by atoms with Crippen molar-refractivity contribution < 1.29 is 14.6 Å². The van der Waals surface area contributed by atoms with Gasteiger partial charge in [-0.25, -0.2) is 0 Å². The van der Waals surface area contributed by atoms with Gasteiger partial charge in [-0.05, 0) is 25.7 Å². The molecule has 0 saturated heterocycles. The highest BCUT2D eigenvalue weighted by atomic mass is 16.5. The molecule has 0 spiro atoms. The van der Waals surface area contributed by atoms with E-state index in [1.165, 1.54) is 25.7 Å². The molecule has 0 amide bonds. The van der Waals surface area contributed by atoms with E-state index in [-0.39, 0.29) is 12.6 Å². The number of unbranched alkanes of at least 4 members (excludes halogenated alkanes) is 8. The van der Waals surface area contributed by atoms with Crippen LogP contribution in [0, 0.1) is 0 Å². The summed E-state index contributed by atoms with van der Waals surface area (Å²) >= 11 is 0. The van der Waals surface area contributed by atoms with Crippen LogP contribution in [0.15, 0.2) is 0 Å². The molecule has 0 heterocycles. The van der Waals surface area contributed by atoms with Crippen molar-refractivity contribution in [1.29, 1.82) is 0 Å². The topological polar surface area (TPSA) is 46.5 Å². The fourth-order valence-corrected chi connectivity index (χ4v) is 1.88. The first-order valence-corrected chi connectivity index (χ1v) is 7.57. The zero-order chi connectivity index (χ0) is 13.5. The number of hydrogen-bond acceptors (Lipinski definition) is 3. The summed E-state index contributed by atoms with van der Waals surface area (Å²) < 4.78 is 5.15. The number of carbonyl (C=O) groups is 1. The van der Waals surface area contributed by atoms with Gasteiger partial charge in [-0.15, -0.1) is 0 Å². The Kier molecular flexibility index (Phi) is 14.0. The third-order valence-electron chi connectivity index (χ3n) is 3.05. The third-order valence-corrected chi connectivity index (χ3v) is 3.05. The molecular weight excluding hydrogens is 228 g/mol. The predicted octanol–water partition coefficient (Wildman–Crippen LogP) is 3.83. The van der Waals surface area contributed by atoms with Gasteiger partial charge in [-0.2, -0.15) is 0 Å². The highest BCUT2D eigenvalue weighted by molar-refractivity contribution is 5.69. The Morgan fingerprint density at radius 1 is 0.889 bits per heavy atom. The Hall–Kier alpha value is -0.570. The molecule has 0 saturated carbocycles. The summed E-state index contributed by atoms with van der Waals surface area (Å²) in [5, 5.41) is 8.60. The molecular formula is C15H30O3. The molecule has 0 bridgehead atoms. The summed E-state index contributed by atoms with van der Waals surface area (Å²) in [5.74, 6) is -0.0485. The smallest absolute Gasteiger partial charge is 0.305 e. The number of ether oxygens (including phenoxy) is 1. The molecule has 0 rings (SSSR count). The van der Waals surface area contributed by atoms with Crippen molar-refractivity contribution in [2.45, 2.75) is 77.6 Å².